The van der Waals surface area contributed by atoms with Crippen LogP contribution in [0.15, 0.2) is 48.5 Å². The molecule has 3 aliphatic heterocycles. The number of unbranched alkanes of at least 4 members (excludes halogenated alkanes) is 5. The number of carbonyl (C=O) groups excluding carboxylic acids is 3. The number of nitrogens with zero attached hydrogens (tertiary/aromatic N) is 1. The van der Waals surface area contributed by atoms with Crippen LogP contribution in [0.5, 0.6) is 5.75 Å². The number of esters is 1. The molecule has 2 fully saturated rings. The average molecular weight is 598 g/mol. The predicted octanol–water partition coefficient (Wildman–Crippen LogP) is 3.78. The number of methoxy groups -OCH3 is 2. The maximum Gasteiger partial charge on any atom is 0.305 e. The lowest BCUT2D eigenvalue weighted by Gasteiger charge is -2.49. The highest BCUT2D eigenvalue weighted by atomic mass is 16.7. The van der Waals surface area contributed by atoms with E-state index < -0.39 is 48.7 Å². The summed E-state index contributed by atoms with van der Waals surface area (Å²) in [6.07, 6.45) is 1.07. The van der Waals surface area contributed by atoms with Gasteiger partial charge < -0.3 is 33.5 Å². The monoisotopic (exact) mass is 597 g/mol. The summed E-state index contributed by atoms with van der Waals surface area (Å²) in [7, 11) is 2.97. The van der Waals surface area contributed by atoms with Crippen LogP contribution in [0.25, 0.3) is 0 Å². The zero-order chi connectivity index (χ0) is 30.3. The second-order valence-electron chi connectivity index (χ2n) is 10.9. The minimum atomic E-state index is -1.29. The van der Waals surface area contributed by atoms with Crippen LogP contribution in [0, 0.1) is 0 Å². The van der Waals surface area contributed by atoms with Crippen LogP contribution in [0.4, 0.5) is 0 Å². The number of amides is 2. The van der Waals surface area contributed by atoms with Gasteiger partial charge in [0.25, 0.3) is 11.8 Å². The zero-order valence-electron chi connectivity index (χ0n) is 24.5. The molecule has 0 unspecified atom stereocenters. The molecule has 2 aromatic rings. The SMILES string of the molecule is COC(=O)CCCCCCCCO[C@@H]1O[C@@H]2CO[C@H](c3ccc(OC)cc3)O[C@@H]2[C@H](O)[C@@H]1N1C(=O)c2ccccc2C1=O. The number of hydrogen-bond donors (Lipinski definition) is 1. The van der Waals surface area contributed by atoms with Gasteiger partial charge in [0, 0.05) is 18.6 Å². The van der Waals surface area contributed by atoms with E-state index in [0.29, 0.717) is 18.8 Å². The number of aliphatic hydroxyl groups is 1. The average Bonchev–Trinajstić information content (AvgIpc) is 3.29. The normalized spacial score (nSPS) is 26.6. The molecule has 232 valence electrons. The van der Waals surface area contributed by atoms with Crippen molar-refractivity contribution >= 4 is 17.8 Å². The molecular weight excluding hydrogens is 558 g/mol. The molecule has 1 N–H and O–H groups in total. The highest BCUT2D eigenvalue weighted by Crippen LogP contribution is 2.38. The van der Waals surface area contributed by atoms with Gasteiger partial charge in [0.1, 0.15) is 30.1 Å². The molecule has 6 atom stereocenters. The molecule has 0 aromatic heterocycles. The number of fused-ring (bicyclic) bond motifs is 2. The van der Waals surface area contributed by atoms with Crippen molar-refractivity contribution in [2.24, 2.45) is 0 Å². The highest BCUT2D eigenvalue weighted by molar-refractivity contribution is 6.21. The number of rotatable bonds is 13. The number of hydrogen-bond acceptors (Lipinski definition) is 10. The fourth-order valence-electron chi connectivity index (χ4n) is 5.78. The third-order valence-corrected chi connectivity index (χ3v) is 8.13. The first kappa shape index (κ1) is 31.1. The maximum absolute atomic E-state index is 13.4. The molecule has 2 aromatic carbocycles. The van der Waals surface area contributed by atoms with Gasteiger partial charge in [-0.2, -0.15) is 0 Å². The topological polar surface area (TPSA) is 130 Å². The molecule has 0 bridgehead atoms. The van der Waals surface area contributed by atoms with Crippen LogP contribution in [0.1, 0.15) is 77.5 Å². The molecule has 43 heavy (non-hydrogen) atoms. The Kier molecular flexibility index (Phi) is 10.4. The van der Waals surface area contributed by atoms with E-state index in [1.807, 2.05) is 12.1 Å². The van der Waals surface area contributed by atoms with E-state index >= 15 is 0 Å². The molecule has 5 rings (SSSR count). The van der Waals surface area contributed by atoms with Crippen LogP contribution in [0.2, 0.25) is 0 Å². The fraction of sp³-hybridized carbons (Fsp3) is 0.531. The Morgan fingerprint density at radius 2 is 1.56 bits per heavy atom. The second-order valence-corrected chi connectivity index (χ2v) is 10.9. The zero-order valence-corrected chi connectivity index (χ0v) is 24.5. The third kappa shape index (κ3) is 6.91. The van der Waals surface area contributed by atoms with Crippen molar-refractivity contribution < 1.29 is 47.9 Å². The van der Waals surface area contributed by atoms with E-state index in [-0.39, 0.29) is 23.7 Å². The molecule has 0 saturated carbocycles. The van der Waals surface area contributed by atoms with Gasteiger partial charge in [0.2, 0.25) is 0 Å². The summed E-state index contributed by atoms with van der Waals surface area (Å²) in [4.78, 5) is 39.2. The lowest BCUT2D eigenvalue weighted by molar-refractivity contribution is -0.349. The lowest BCUT2D eigenvalue weighted by atomic mass is 9.94. The van der Waals surface area contributed by atoms with Gasteiger partial charge >= 0.3 is 5.97 Å². The number of imide groups is 1. The summed E-state index contributed by atoms with van der Waals surface area (Å²) in [6, 6.07) is 12.7. The Labute approximate surface area is 250 Å². The number of ether oxygens (including phenoxy) is 6. The third-order valence-electron chi connectivity index (χ3n) is 8.13. The van der Waals surface area contributed by atoms with Gasteiger partial charge in [-0.25, -0.2) is 0 Å². The quantitative estimate of drug-likeness (QED) is 0.207. The molecule has 0 spiro atoms. The van der Waals surface area contributed by atoms with Crippen molar-refractivity contribution in [2.45, 2.75) is 81.9 Å². The second kappa shape index (κ2) is 14.4. The van der Waals surface area contributed by atoms with Gasteiger partial charge in [-0.3, -0.25) is 19.3 Å². The van der Waals surface area contributed by atoms with E-state index in [4.69, 9.17) is 23.7 Å². The first-order valence-electron chi connectivity index (χ1n) is 14.8. The summed E-state index contributed by atoms with van der Waals surface area (Å²) < 4.78 is 34.4. The van der Waals surface area contributed by atoms with Gasteiger partial charge in [0.15, 0.2) is 12.6 Å². The molecule has 2 amide bonds. The summed E-state index contributed by atoms with van der Waals surface area (Å²) >= 11 is 0. The van der Waals surface area contributed by atoms with Gasteiger partial charge in [-0.1, -0.05) is 49.9 Å². The minimum Gasteiger partial charge on any atom is -0.497 e. The Balaban J connectivity index is 1.24. The number of carbonyl (C=O) groups is 3. The van der Waals surface area contributed by atoms with E-state index in [1.54, 1.807) is 43.5 Å². The minimum absolute atomic E-state index is 0.124. The van der Waals surface area contributed by atoms with Crippen molar-refractivity contribution in [1.29, 1.82) is 0 Å². The van der Waals surface area contributed by atoms with E-state index in [2.05, 4.69) is 4.74 Å². The summed E-state index contributed by atoms with van der Waals surface area (Å²) in [6.45, 7) is 0.436. The molecule has 11 heteroatoms. The van der Waals surface area contributed by atoms with Gasteiger partial charge in [-0.05, 0) is 37.1 Å². The van der Waals surface area contributed by atoms with Crippen LogP contribution < -0.4 is 4.74 Å². The predicted molar refractivity (Wildman–Crippen MR) is 152 cm³/mol. The van der Waals surface area contributed by atoms with Crippen LogP contribution in [-0.4, -0.2) is 85.9 Å². The lowest BCUT2D eigenvalue weighted by Crippen LogP contribution is -2.67. The van der Waals surface area contributed by atoms with Crippen molar-refractivity contribution in [3.8, 4) is 5.75 Å². The van der Waals surface area contributed by atoms with Crippen molar-refractivity contribution in [1.82, 2.24) is 4.90 Å². The molecule has 0 radical (unpaired) electrons. The van der Waals surface area contributed by atoms with Crippen molar-refractivity contribution in [3.05, 3.63) is 65.2 Å². The van der Waals surface area contributed by atoms with E-state index in [1.165, 1.54) is 7.11 Å². The smallest absolute Gasteiger partial charge is 0.305 e. The molecule has 2 saturated heterocycles. The van der Waals surface area contributed by atoms with Crippen LogP contribution in [-0.2, 0) is 28.5 Å². The molecule has 3 aliphatic rings. The molecule has 11 nitrogen and oxygen atoms in total. The maximum atomic E-state index is 13.4. The Morgan fingerprint density at radius 1 is 0.907 bits per heavy atom. The molecular formula is C32H39NO10. The van der Waals surface area contributed by atoms with E-state index in [9.17, 15) is 19.5 Å². The number of benzene rings is 2. The van der Waals surface area contributed by atoms with Crippen LogP contribution in [0.3, 0.4) is 0 Å². The fourth-order valence-corrected chi connectivity index (χ4v) is 5.78. The van der Waals surface area contributed by atoms with Gasteiger partial charge in [-0.15, -0.1) is 0 Å². The van der Waals surface area contributed by atoms with Crippen molar-refractivity contribution in [3.63, 3.8) is 0 Å². The Morgan fingerprint density at radius 3 is 2.21 bits per heavy atom. The van der Waals surface area contributed by atoms with Crippen LogP contribution >= 0.6 is 0 Å². The standard InChI is InChI=1S/C32H39NO10/c1-38-21-16-14-20(15-17-21)31-41-19-24-28(43-31)27(35)26(33-29(36)22-11-8-9-12-23(22)30(33)37)32(42-24)40-18-10-6-4-3-5-7-13-25(34)39-2/h8-9,11-12,14-17,24,26-28,31-32,35H,3-7,10,13,18-19H2,1-2H3/t24-,26+,27-,28+,31+,32-/m1/s1. The highest BCUT2D eigenvalue weighted by Gasteiger charge is 2.55. The molecule has 3 heterocycles. The number of aliphatic hydroxyl groups excluding tert-OH is 1. The van der Waals surface area contributed by atoms with Crippen molar-refractivity contribution in [2.75, 3.05) is 27.4 Å². The first-order valence-corrected chi connectivity index (χ1v) is 14.8. The van der Waals surface area contributed by atoms with Gasteiger partial charge in [0.05, 0.1) is 32.0 Å². The summed E-state index contributed by atoms with van der Waals surface area (Å²) in [5.74, 6) is -0.525. The Hall–Kier alpha value is -3.35. The van der Waals surface area contributed by atoms with E-state index in [0.717, 1.165) is 49.0 Å². The largest absolute Gasteiger partial charge is 0.497 e. The summed E-state index contributed by atoms with van der Waals surface area (Å²) in [5, 5.41) is 11.7. The Bertz CT molecular complexity index is 1230. The summed E-state index contributed by atoms with van der Waals surface area (Å²) in [5.41, 5.74) is 1.28. The first-order chi connectivity index (χ1) is 20.9. The molecule has 0 aliphatic carbocycles.